The summed E-state index contributed by atoms with van der Waals surface area (Å²) in [6, 6.07) is 9.92. The minimum Gasteiger partial charge on any atom is -0.504 e. The first-order valence-corrected chi connectivity index (χ1v) is 5.23. The summed E-state index contributed by atoms with van der Waals surface area (Å²) in [6.07, 6.45) is 0. The van der Waals surface area contributed by atoms with E-state index < -0.39 is 17.2 Å². The molecule has 1 heterocycles. The predicted octanol–water partition coefficient (Wildman–Crippen LogP) is 1.54. The second-order valence-electron chi connectivity index (χ2n) is 3.78. The van der Waals surface area contributed by atoms with Crippen molar-refractivity contribution in [3.8, 4) is 22.9 Å². The Labute approximate surface area is 101 Å². The zero-order valence-corrected chi connectivity index (χ0v) is 9.15. The fraction of sp³-hybridized carbons (Fsp3) is 0. The maximum absolute atomic E-state index is 9.75. The second kappa shape index (κ2) is 3.63. The van der Waals surface area contributed by atoms with E-state index >= 15 is 0 Å². The molecule has 0 saturated carbocycles. The Balaban J connectivity index is 2.23. The molecule has 0 aliphatic heterocycles. The number of benzene rings is 2. The summed E-state index contributed by atoms with van der Waals surface area (Å²) >= 11 is 0. The van der Waals surface area contributed by atoms with Crippen molar-refractivity contribution in [1.29, 1.82) is 0 Å². The summed E-state index contributed by atoms with van der Waals surface area (Å²) in [5.74, 6) is -1.45. The molecule has 0 atom stereocenters. The molecule has 0 spiro atoms. The third kappa shape index (κ3) is 1.43. The Hall–Kier alpha value is -2.76. The Morgan fingerprint density at radius 3 is 2.00 bits per heavy atom. The van der Waals surface area contributed by atoms with Crippen LogP contribution in [0.15, 0.2) is 36.4 Å². The number of rotatable bonds is 1. The van der Waals surface area contributed by atoms with Gasteiger partial charge in [-0.2, -0.15) is 0 Å². The normalized spacial score (nSPS) is 10.9. The lowest BCUT2D eigenvalue weighted by atomic mass is 10.2. The van der Waals surface area contributed by atoms with Gasteiger partial charge in [0, 0.05) is 0 Å². The van der Waals surface area contributed by atoms with Crippen molar-refractivity contribution in [3.05, 3.63) is 36.4 Å². The summed E-state index contributed by atoms with van der Waals surface area (Å²) in [7, 11) is 0. The number of nitrogens with zero attached hydrogens (tertiary/aromatic N) is 3. The molecule has 0 unspecified atom stereocenters. The van der Waals surface area contributed by atoms with Crippen molar-refractivity contribution in [3.63, 3.8) is 0 Å². The fourth-order valence-electron chi connectivity index (χ4n) is 1.69. The van der Waals surface area contributed by atoms with E-state index in [1.165, 1.54) is 16.9 Å². The lowest BCUT2D eigenvalue weighted by Gasteiger charge is -2.05. The van der Waals surface area contributed by atoms with Gasteiger partial charge in [0.2, 0.25) is 5.75 Å². The van der Waals surface area contributed by atoms with Gasteiger partial charge in [-0.05, 0) is 24.3 Å². The molecule has 18 heavy (non-hydrogen) atoms. The molecule has 0 aliphatic carbocycles. The quantitative estimate of drug-likeness (QED) is 0.564. The van der Waals surface area contributed by atoms with Crippen LogP contribution in [0.2, 0.25) is 0 Å². The summed E-state index contributed by atoms with van der Waals surface area (Å²) in [5, 5.41) is 36.8. The Morgan fingerprint density at radius 1 is 0.778 bits per heavy atom. The first kappa shape index (κ1) is 10.4. The van der Waals surface area contributed by atoms with Crippen LogP contribution < -0.4 is 0 Å². The molecule has 0 saturated heterocycles. The molecule has 0 bridgehead atoms. The maximum Gasteiger partial charge on any atom is 0.202 e. The number of hydrogen-bond acceptors (Lipinski definition) is 5. The van der Waals surface area contributed by atoms with Crippen LogP contribution in [0.4, 0.5) is 0 Å². The van der Waals surface area contributed by atoms with Crippen molar-refractivity contribution < 1.29 is 15.3 Å². The van der Waals surface area contributed by atoms with Gasteiger partial charge in [-0.25, -0.2) is 0 Å². The average molecular weight is 243 g/mol. The first-order valence-electron chi connectivity index (χ1n) is 5.23. The molecule has 0 amide bonds. The number of hydrogen-bond donors (Lipinski definition) is 3. The fourth-order valence-corrected chi connectivity index (χ4v) is 1.69. The van der Waals surface area contributed by atoms with Crippen molar-refractivity contribution in [2.45, 2.75) is 0 Å². The zero-order valence-electron chi connectivity index (χ0n) is 9.15. The van der Waals surface area contributed by atoms with Gasteiger partial charge in [0.05, 0.1) is 0 Å². The summed E-state index contributed by atoms with van der Waals surface area (Å²) in [5.41, 5.74) is 1.54. The lowest BCUT2D eigenvalue weighted by molar-refractivity contribution is 0.365. The van der Waals surface area contributed by atoms with Crippen molar-refractivity contribution in [1.82, 2.24) is 15.0 Å². The second-order valence-corrected chi connectivity index (χ2v) is 3.78. The number of aromatic nitrogens is 3. The van der Waals surface area contributed by atoms with Gasteiger partial charge in [-0.3, -0.25) is 0 Å². The molecular formula is C12H9N3O3. The Morgan fingerprint density at radius 2 is 1.39 bits per heavy atom. The number of aromatic hydroxyl groups is 3. The smallest absolute Gasteiger partial charge is 0.202 e. The standard InChI is InChI=1S/C12H9N3O3/c16-10-6-5-9(11(17)12(10)18)15-13-7-3-1-2-4-8(7)14-15/h1-6,16-18H. The van der Waals surface area contributed by atoms with E-state index in [4.69, 9.17) is 0 Å². The van der Waals surface area contributed by atoms with Crippen LogP contribution in [-0.2, 0) is 0 Å². The number of fused-ring (bicyclic) bond motifs is 1. The van der Waals surface area contributed by atoms with Crippen LogP contribution in [-0.4, -0.2) is 30.3 Å². The molecule has 6 nitrogen and oxygen atoms in total. The molecule has 0 fully saturated rings. The van der Waals surface area contributed by atoms with E-state index in [0.717, 1.165) is 0 Å². The predicted molar refractivity (Wildman–Crippen MR) is 63.9 cm³/mol. The van der Waals surface area contributed by atoms with E-state index in [1.54, 1.807) is 12.1 Å². The summed E-state index contributed by atoms with van der Waals surface area (Å²) in [6.45, 7) is 0. The van der Waals surface area contributed by atoms with Crippen LogP contribution >= 0.6 is 0 Å². The van der Waals surface area contributed by atoms with Crippen molar-refractivity contribution >= 4 is 11.0 Å². The molecular weight excluding hydrogens is 234 g/mol. The molecule has 3 rings (SSSR count). The highest BCUT2D eigenvalue weighted by atomic mass is 16.3. The van der Waals surface area contributed by atoms with Gasteiger partial charge < -0.3 is 15.3 Å². The van der Waals surface area contributed by atoms with E-state index in [0.29, 0.717) is 11.0 Å². The minimum absolute atomic E-state index is 0.196. The van der Waals surface area contributed by atoms with Gasteiger partial charge in [0.25, 0.3) is 0 Å². The molecule has 3 aromatic rings. The van der Waals surface area contributed by atoms with Gasteiger partial charge in [0.15, 0.2) is 11.5 Å². The molecule has 6 heteroatoms. The molecule has 3 N–H and O–H groups in total. The Bertz CT molecular complexity index is 704. The van der Waals surface area contributed by atoms with Crippen LogP contribution in [0.25, 0.3) is 16.7 Å². The molecule has 1 aromatic heterocycles. The summed E-state index contributed by atoms with van der Waals surface area (Å²) < 4.78 is 0. The van der Waals surface area contributed by atoms with Crippen molar-refractivity contribution in [2.75, 3.05) is 0 Å². The molecule has 0 radical (unpaired) electrons. The molecule has 2 aromatic carbocycles. The van der Waals surface area contributed by atoms with Crippen LogP contribution in [0.5, 0.6) is 17.2 Å². The maximum atomic E-state index is 9.75. The van der Waals surface area contributed by atoms with E-state index in [9.17, 15) is 15.3 Å². The first-order chi connectivity index (χ1) is 8.66. The third-order valence-corrected chi connectivity index (χ3v) is 2.61. The van der Waals surface area contributed by atoms with Crippen LogP contribution in [0.3, 0.4) is 0 Å². The molecule has 0 aliphatic rings. The lowest BCUT2D eigenvalue weighted by Crippen LogP contribution is -1.98. The highest BCUT2D eigenvalue weighted by Gasteiger charge is 2.14. The number of phenolic OH excluding ortho intramolecular Hbond substituents is 3. The van der Waals surface area contributed by atoms with Gasteiger partial charge in [0.1, 0.15) is 16.7 Å². The van der Waals surface area contributed by atoms with Crippen LogP contribution in [0, 0.1) is 0 Å². The summed E-state index contributed by atoms with van der Waals surface area (Å²) in [4.78, 5) is 1.21. The molecule has 90 valence electrons. The highest BCUT2D eigenvalue weighted by molar-refractivity contribution is 5.74. The number of phenols is 3. The van der Waals surface area contributed by atoms with Gasteiger partial charge in [-0.15, -0.1) is 15.0 Å². The third-order valence-electron chi connectivity index (χ3n) is 2.61. The van der Waals surface area contributed by atoms with E-state index in [2.05, 4.69) is 10.2 Å². The topological polar surface area (TPSA) is 91.4 Å². The monoisotopic (exact) mass is 243 g/mol. The SMILES string of the molecule is Oc1ccc(-n2nc3ccccc3n2)c(O)c1O. The van der Waals surface area contributed by atoms with Crippen molar-refractivity contribution in [2.24, 2.45) is 0 Å². The van der Waals surface area contributed by atoms with Gasteiger partial charge >= 0.3 is 0 Å². The zero-order chi connectivity index (χ0) is 12.7. The highest BCUT2D eigenvalue weighted by Crippen LogP contribution is 2.38. The van der Waals surface area contributed by atoms with Gasteiger partial charge in [-0.1, -0.05) is 12.1 Å². The largest absolute Gasteiger partial charge is 0.504 e. The van der Waals surface area contributed by atoms with Crippen LogP contribution in [0.1, 0.15) is 0 Å². The Kier molecular flexibility index (Phi) is 2.09. The van der Waals surface area contributed by atoms with E-state index in [-0.39, 0.29) is 5.69 Å². The minimum atomic E-state index is -0.589. The van der Waals surface area contributed by atoms with E-state index in [1.807, 2.05) is 12.1 Å². The average Bonchev–Trinajstić information content (AvgIpc) is 2.79.